The molecule has 0 radical (unpaired) electrons. The van der Waals surface area contributed by atoms with Crippen molar-refractivity contribution >= 4 is 40.6 Å². The molecule has 0 aliphatic rings. The predicted molar refractivity (Wildman–Crippen MR) is 127 cm³/mol. The van der Waals surface area contributed by atoms with Crippen LogP contribution in [0.1, 0.15) is 6.42 Å². The molecule has 0 fully saturated rings. The Kier molecular flexibility index (Phi) is 7.44. The fraction of sp³-hybridized carbons (Fsp3) is 0.318. The molecule has 0 unspecified atom stereocenters. The van der Waals surface area contributed by atoms with Crippen LogP contribution in [0, 0.1) is 0 Å². The van der Waals surface area contributed by atoms with Crippen LogP contribution in [-0.4, -0.2) is 43.9 Å². The molecule has 0 saturated carbocycles. The summed E-state index contributed by atoms with van der Waals surface area (Å²) in [6.45, 7) is 0.254. The highest BCUT2D eigenvalue weighted by atomic mass is 16.1. The molecule has 3 aromatic rings. The van der Waals surface area contributed by atoms with Gasteiger partial charge in [-0.15, -0.1) is 14.9 Å². The summed E-state index contributed by atoms with van der Waals surface area (Å²) in [5, 5.41) is 21.6. The Morgan fingerprint density at radius 3 is 1.82 bits per heavy atom. The number of aromatic nitrogens is 3. The molecule has 0 aliphatic heterocycles. The van der Waals surface area contributed by atoms with Crippen LogP contribution in [0.5, 0.6) is 0 Å². The molecule has 0 bridgehead atoms. The number of rotatable bonds is 9. The summed E-state index contributed by atoms with van der Waals surface area (Å²) in [7, 11) is 9.66. The third-order valence-electron chi connectivity index (χ3n) is 4.85. The second-order valence-corrected chi connectivity index (χ2v) is 7.82. The Morgan fingerprint density at radius 2 is 1.36 bits per heavy atom. The first-order chi connectivity index (χ1) is 15.7. The second-order valence-electron chi connectivity index (χ2n) is 7.82. The molecule has 0 saturated heterocycles. The van der Waals surface area contributed by atoms with Crippen LogP contribution >= 0.6 is 0 Å². The topological polar surface area (TPSA) is 121 Å². The van der Waals surface area contributed by atoms with Gasteiger partial charge < -0.3 is 15.5 Å². The smallest absolute Gasteiger partial charge is 0.378 e. The van der Waals surface area contributed by atoms with Crippen LogP contribution in [-0.2, 0) is 18.4 Å². The van der Waals surface area contributed by atoms with Crippen molar-refractivity contribution in [3.63, 3.8) is 0 Å². The molecule has 11 heteroatoms. The van der Waals surface area contributed by atoms with Crippen molar-refractivity contribution in [2.45, 2.75) is 13.0 Å². The number of hydrogen-bond donors (Lipinski definition) is 1. The van der Waals surface area contributed by atoms with Crippen LogP contribution in [0.3, 0.4) is 0 Å². The Labute approximate surface area is 192 Å². The van der Waals surface area contributed by atoms with E-state index in [1.165, 1.54) is 0 Å². The lowest BCUT2D eigenvalue weighted by Gasteiger charge is -2.11. The maximum atomic E-state index is 11.3. The first-order valence-corrected chi connectivity index (χ1v) is 10.4. The monoisotopic (exact) mass is 449 g/mol. The number of carbonyl (C=O) groups is 1. The van der Waals surface area contributed by atoms with E-state index in [4.69, 9.17) is 5.73 Å². The molecule has 0 aliphatic carbocycles. The van der Waals surface area contributed by atoms with Crippen LogP contribution < -0.4 is 20.1 Å². The van der Waals surface area contributed by atoms with E-state index in [1.807, 2.05) is 86.5 Å². The molecular formula is C22H29N10O+. The molecule has 0 atom stereocenters. The zero-order chi connectivity index (χ0) is 24.0. The number of benzene rings is 2. The molecule has 2 N–H and O–H groups in total. The highest BCUT2D eigenvalue weighted by Gasteiger charge is 2.22. The SMILES string of the molecule is CN(C)c1ccc(N=Nc2nn(CCC(N)=O)c(N=Nc3ccc(N(C)C)cc3)[n+]2C)cc1. The van der Waals surface area contributed by atoms with Gasteiger partial charge in [-0.1, -0.05) is 0 Å². The maximum absolute atomic E-state index is 11.3. The van der Waals surface area contributed by atoms with E-state index in [0.717, 1.165) is 11.4 Å². The van der Waals surface area contributed by atoms with Crippen molar-refractivity contribution in [1.82, 2.24) is 9.78 Å². The van der Waals surface area contributed by atoms with Gasteiger partial charge in [0.25, 0.3) is 0 Å². The van der Waals surface area contributed by atoms with E-state index in [2.05, 4.69) is 25.6 Å². The van der Waals surface area contributed by atoms with Gasteiger partial charge in [0.1, 0.15) is 0 Å². The number of hydrogen-bond acceptors (Lipinski definition) is 8. The highest BCUT2D eigenvalue weighted by molar-refractivity contribution is 5.73. The molecule has 1 aromatic heterocycles. The molecule has 1 amide bonds. The van der Waals surface area contributed by atoms with Crippen molar-refractivity contribution < 1.29 is 9.36 Å². The van der Waals surface area contributed by atoms with E-state index < -0.39 is 5.91 Å². The summed E-state index contributed by atoms with van der Waals surface area (Å²) in [6.07, 6.45) is 0.115. The lowest BCUT2D eigenvalue weighted by atomic mass is 10.3. The summed E-state index contributed by atoms with van der Waals surface area (Å²) in [6, 6.07) is 15.3. The maximum Gasteiger partial charge on any atom is 0.404 e. The number of nitrogens with zero attached hydrogens (tertiary/aromatic N) is 9. The van der Waals surface area contributed by atoms with Gasteiger partial charge in [-0.3, -0.25) is 4.79 Å². The quantitative estimate of drug-likeness (QED) is 0.397. The highest BCUT2D eigenvalue weighted by Crippen LogP contribution is 2.23. The van der Waals surface area contributed by atoms with E-state index in [9.17, 15) is 4.79 Å². The zero-order valence-electron chi connectivity index (χ0n) is 19.5. The van der Waals surface area contributed by atoms with Gasteiger partial charge in [-0.2, -0.15) is 0 Å². The van der Waals surface area contributed by atoms with Crippen LogP contribution in [0.4, 0.5) is 34.6 Å². The molecule has 0 spiro atoms. The van der Waals surface area contributed by atoms with E-state index in [-0.39, 0.29) is 13.0 Å². The van der Waals surface area contributed by atoms with Gasteiger partial charge >= 0.3 is 11.9 Å². The van der Waals surface area contributed by atoms with E-state index in [0.29, 0.717) is 23.3 Å². The number of carbonyl (C=O) groups excluding carboxylic acids is 1. The summed E-state index contributed by atoms with van der Waals surface area (Å²) < 4.78 is 3.21. The summed E-state index contributed by atoms with van der Waals surface area (Å²) >= 11 is 0. The molecule has 2 aromatic carbocycles. The van der Waals surface area contributed by atoms with Crippen LogP contribution in [0.25, 0.3) is 0 Å². The Hall–Kier alpha value is -4.15. The van der Waals surface area contributed by atoms with Crippen molar-refractivity contribution in [3.8, 4) is 0 Å². The number of amides is 1. The molecule has 33 heavy (non-hydrogen) atoms. The summed E-state index contributed by atoms with van der Waals surface area (Å²) in [4.78, 5) is 15.3. The van der Waals surface area contributed by atoms with Gasteiger partial charge in [-0.05, 0) is 58.8 Å². The molecule has 1 heterocycles. The Balaban J connectivity index is 1.87. The summed E-state index contributed by atoms with van der Waals surface area (Å²) in [5.74, 6) is 0.317. The van der Waals surface area contributed by atoms with Gasteiger partial charge in [0.2, 0.25) is 5.91 Å². The van der Waals surface area contributed by atoms with Crippen molar-refractivity contribution in [2.75, 3.05) is 38.0 Å². The first-order valence-electron chi connectivity index (χ1n) is 10.4. The molecule has 3 rings (SSSR count). The fourth-order valence-electron chi connectivity index (χ4n) is 2.89. The third-order valence-corrected chi connectivity index (χ3v) is 4.85. The number of aryl methyl sites for hydroxylation is 1. The standard InChI is InChI=1S/C22H28N10O/c1-29(2)18-10-6-16(7-11-18)24-26-21-28-32(15-14-20(23)33)22(31(21)5)27-25-17-8-12-19(13-9-17)30(3)4/h6-13H,14-15H2,1-5H3,(H-,23,33)/p+1. The van der Waals surface area contributed by atoms with Crippen LogP contribution in [0.15, 0.2) is 69.0 Å². The lowest BCUT2D eigenvalue weighted by Crippen LogP contribution is -2.27. The van der Waals surface area contributed by atoms with Crippen LogP contribution in [0.2, 0.25) is 0 Å². The minimum atomic E-state index is -0.431. The average Bonchev–Trinajstić information content (AvgIpc) is 3.09. The van der Waals surface area contributed by atoms with Gasteiger partial charge in [0, 0.05) is 51.7 Å². The molecule has 11 nitrogen and oxygen atoms in total. The number of anilines is 2. The van der Waals surface area contributed by atoms with Crippen molar-refractivity contribution in [2.24, 2.45) is 33.2 Å². The minimum Gasteiger partial charge on any atom is -0.378 e. The fourth-order valence-corrected chi connectivity index (χ4v) is 2.89. The number of primary amides is 1. The second kappa shape index (κ2) is 10.4. The van der Waals surface area contributed by atoms with E-state index in [1.54, 1.807) is 16.3 Å². The number of azo groups is 2. The van der Waals surface area contributed by atoms with Crippen molar-refractivity contribution in [1.29, 1.82) is 0 Å². The third kappa shape index (κ3) is 6.19. The predicted octanol–water partition coefficient (Wildman–Crippen LogP) is 3.55. The normalized spacial score (nSPS) is 11.4. The largest absolute Gasteiger partial charge is 0.404 e. The van der Waals surface area contributed by atoms with Gasteiger partial charge in [0.15, 0.2) is 0 Å². The zero-order valence-corrected chi connectivity index (χ0v) is 19.5. The number of nitrogens with two attached hydrogens (primary N) is 1. The first kappa shape index (κ1) is 23.5. The molecule has 172 valence electrons. The van der Waals surface area contributed by atoms with Gasteiger partial charge in [-0.25, -0.2) is 4.57 Å². The van der Waals surface area contributed by atoms with Gasteiger partial charge in [0.05, 0.1) is 24.3 Å². The molecular weight excluding hydrogens is 420 g/mol. The Morgan fingerprint density at radius 1 is 0.879 bits per heavy atom. The van der Waals surface area contributed by atoms with E-state index >= 15 is 0 Å². The lowest BCUT2D eigenvalue weighted by molar-refractivity contribution is -0.646. The Bertz CT molecular complexity index is 1150. The minimum absolute atomic E-state index is 0.115. The van der Waals surface area contributed by atoms with Crippen molar-refractivity contribution in [3.05, 3.63) is 48.5 Å². The average molecular weight is 450 g/mol. The summed E-state index contributed by atoms with van der Waals surface area (Å²) in [5.41, 5.74) is 8.82.